The van der Waals surface area contributed by atoms with E-state index in [1.165, 1.54) is 51.3 Å². The molecule has 108 valence electrons. The van der Waals surface area contributed by atoms with E-state index < -0.39 is 0 Å². The zero-order chi connectivity index (χ0) is 13.9. The first-order valence-corrected chi connectivity index (χ1v) is 7.69. The summed E-state index contributed by atoms with van der Waals surface area (Å²) in [5, 5.41) is 0. The second-order valence-corrected chi connectivity index (χ2v) is 6.06. The number of rotatable bonds is 3. The van der Waals surface area contributed by atoms with Crippen molar-refractivity contribution in [3.05, 3.63) is 35.4 Å². The molecule has 1 saturated heterocycles. The smallest absolute Gasteiger partial charge is 0.337 e. The Morgan fingerprint density at radius 2 is 1.95 bits per heavy atom. The quantitative estimate of drug-likeness (QED) is 0.792. The summed E-state index contributed by atoms with van der Waals surface area (Å²) >= 11 is 0. The average Bonchev–Trinajstić information content (AvgIpc) is 2.97. The van der Waals surface area contributed by atoms with E-state index in [9.17, 15) is 4.79 Å². The molecule has 0 radical (unpaired) electrons. The molecule has 1 aliphatic heterocycles. The van der Waals surface area contributed by atoms with Crippen LogP contribution in [0.4, 0.5) is 0 Å². The molecule has 2 fully saturated rings. The molecule has 0 N–H and O–H groups in total. The van der Waals surface area contributed by atoms with E-state index in [0.29, 0.717) is 5.56 Å². The number of carbonyl (C=O) groups excluding carboxylic acids is 1. The molecule has 1 aromatic carbocycles. The van der Waals surface area contributed by atoms with Crippen molar-refractivity contribution in [2.24, 2.45) is 5.92 Å². The Hall–Kier alpha value is -1.35. The number of carbonyl (C=O) groups is 1. The van der Waals surface area contributed by atoms with Gasteiger partial charge in [0, 0.05) is 12.6 Å². The second-order valence-electron chi connectivity index (χ2n) is 6.06. The van der Waals surface area contributed by atoms with Crippen LogP contribution in [-0.4, -0.2) is 30.6 Å². The monoisotopic (exact) mass is 273 g/mol. The van der Waals surface area contributed by atoms with Crippen molar-refractivity contribution in [3.63, 3.8) is 0 Å². The summed E-state index contributed by atoms with van der Waals surface area (Å²) in [6.07, 6.45) is 6.93. The first-order chi connectivity index (χ1) is 9.78. The van der Waals surface area contributed by atoms with Gasteiger partial charge in [-0.15, -0.1) is 0 Å². The minimum atomic E-state index is -0.259. The zero-order valence-corrected chi connectivity index (χ0v) is 12.2. The standard InChI is InChI=1S/C17H23NO2/c1-20-17(19)15-9-7-13(8-10-15)12-18-11-3-5-14-4-2-6-16(14)18/h7-10,14,16H,2-6,11-12H2,1H3. The Morgan fingerprint density at radius 1 is 1.20 bits per heavy atom. The Kier molecular flexibility index (Phi) is 4.06. The number of benzene rings is 1. The van der Waals surface area contributed by atoms with Crippen molar-refractivity contribution in [2.75, 3.05) is 13.7 Å². The summed E-state index contributed by atoms with van der Waals surface area (Å²) in [6, 6.07) is 8.66. The predicted octanol–water partition coefficient (Wildman–Crippen LogP) is 3.24. The van der Waals surface area contributed by atoms with Gasteiger partial charge in [-0.05, 0) is 55.8 Å². The molecule has 0 bridgehead atoms. The highest BCUT2D eigenvalue weighted by Gasteiger charge is 2.34. The topological polar surface area (TPSA) is 29.5 Å². The number of ether oxygens (including phenoxy) is 1. The first kappa shape index (κ1) is 13.6. The summed E-state index contributed by atoms with van der Waals surface area (Å²) in [6.45, 7) is 2.24. The first-order valence-electron chi connectivity index (χ1n) is 7.69. The van der Waals surface area contributed by atoms with Crippen molar-refractivity contribution < 1.29 is 9.53 Å². The molecule has 0 amide bonds. The lowest BCUT2D eigenvalue weighted by Gasteiger charge is -2.37. The largest absolute Gasteiger partial charge is 0.465 e. The van der Waals surface area contributed by atoms with Crippen LogP contribution < -0.4 is 0 Å². The summed E-state index contributed by atoms with van der Waals surface area (Å²) in [7, 11) is 1.42. The van der Waals surface area contributed by atoms with Crippen LogP contribution in [0.2, 0.25) is 0 Å². The van der Waals surface area contributed by atoms with Crippen LogP contribution >= 0.6 is 0 Å². The number of esters is 1. The van der Waals surface area contributed by atoms with Gasteiger partial charge in [-0.3, -0.25) is 4.90 Å². The third-order valence-electron chi connectivity index (χ3n) is 4.87. The summed E-state index contributed by atoms with van der Waals surface area (Å²) < 4.78 is 4.73. The predicted molar refractivity (Wildman–Crippen MR) is 78.6 cm³/mol. The van der Waals surface area contributed by atoms with Gasteiger partial charge in [0.1, 0.15) is 0 Å². The number of hydrogen-bond donors (Lipinski definition) is 0. The van der Waals surface area contributed by atoms with Gasteiger partial charge in [0.15, 0.2) is 0 Å². The van der Waals surface area contributed by atoms with Gasteiger partial charge in [-0.25, -0.2) is 4.79 Å². The summed E-state index contributed by atoms with van der Waals surface area (Å²) in [4.78, 5) is 14.1. The van der Waals surface area contributed by atoms with Crippen molar-refractivity contribution in [2.45, 2.75) is 44.7 Å². The van der Waals surface area contributed by atoms with Crippen molar-refractivity contribution in [3.8, 4) is 0 Å². The lowest BCUT2D eigenvalue weighted by Crippen LogP contribution is -2.41. The van der Waals surface area contributed by atoms with Gasteiger partial charge in [-0.1, -0.05) is 18.6 Å². The normalized spacial score (nSPS) is 26.2. The fourth-order valence-corrected chi connectivity index (χ4v) is 3.85. The molecule has 3 nitrogen and oxygen atoms in total. The van der Waals surface area contributed by atoms with Gasteiger partial charge in [-0.2, -0.15) is 0 Å². The molecule has 1 aromatic rings. The van der Waals surface area contributed by atoms with E-state index in [2.05, 4.69) is 17.0 Å². The lowest BCUT2D eigenvalue weighted by atomic mass is 9.91. The van der Waals surface area contributed by atoms with Gasteiger partial charge < -0.3 is 4.74 Å². The fourth-order valence-electron chi connectivity index (χ4n) is 3.85. The van der Waals surface area contributed by atoms with E-state index >= 15 is 0 Å². The summed E-state index contributed by atoms with van der Waals surface area (Å²) in [5.41, 5.74) is 1.93. The molecule has 0 aromatic heterocycles. The number of methoxy groups -OCH3 is 1. The fraction of sp³-hybridized carbons (Fsp3) is 0.588. The van der Waals surface area contributed by atoms with E-state index in [1.807, 2.05) is 12.1 Å². The van der Waals surface area contributed by atoms with Crippen LogP contribution in [0.1, 0.15) is 48.0 Å². The SMILES string of the molecule is COC(=O)c1ccc(CN2CCCC3CCCC32)cc1. The van der Waals surface area contributed by atoms with Crippen molar-refractivity contribution in [1.82, 2.24) is 4.90 Å². The number of fused-ring (bicyclic) bond motifs is 1. The molecule has 0 spiro atoms. The van der Waals surface area contributed by atoms with Gasteiger partial charge in [0.2, 0.25) is 0 Å². The maximum absolute atomic E-state index is 11.4. The Morgan fingerprint density at radius 3 is 2.70 bits per heavy atom. The minimum absolute atomic E-state index is 0.259. The van der Waals surface area contributed by atoms with E-state index in [1.54, 1.807) is 0 Å². The lowest BCUT2D eigenvalue weighted by molar-refractivity contribution is 0.0600. The van der Waals surface area contributed by atoms with E-state index in [4.69, 9.17) is 4.74 Å². The zero-order valence-electron chi connectivity index (χ0n) is 12.2. The van der Waals surface area contributed by atoms with Crippen LogP contribution in [0.3, 0.4) is 0 Å². The average molecular weight is 273 g/mol. The highest BCUT2D eigenvalue weighted by molar-refractivity contribution is 5.89. The number of hydrogen-bond acceptors (Lipinski definition) is 3. The molecule has 1 saturated carbocycles. The molecule has 2 unspecified atom stereocenters. The van der Waals surface area contributed by atoms with Gasteiger partial charge in [0.05, 0.1) is 12.7 Å². The molecular weight excluding hydrogens is 250 g/mol. The highest BCUT2D eigenvalue weighted by Crippen LogP contribution is 2.37. The second kappa shape index (κ2) is 5.96. The minimum Gasteiger partial charge on any atom is -0.465 e. The molecule has 2 atom stereocenters. The van der Waals surface area contributed by atoms with Crippen molar-refractivity contribution in [1.29, 1.82) is 0 Å². The van der Waals surface area contributed by atoms with Crippen LogP contribution in [0.15, 0.2) is 24.3 Å². The van der Waals surface area contributed by atoms with Gasteiger partial charge in [0.25, 0.3) is 0 Å². The highest BCUT2D eigenvalue weighted by atomic mass is 16.5. The Labute approximate surface area is 120 Å². The molecule has 2 aliphatic rings. The van der Waals surface area contributed by atoms with Crippen LogP contribution in [-0.2, 0) is 11.3 Å². The molecule has 3 rings (SSSR count). The number of piperidine rings is 1. The number of likely N-dealkylation sites (tertiary alicyclic amines) is 1. The van der Waals surface area contributed by atoms with E-state index in [0.717, 1.165) is 18.5 Å². The Bertz CT molecular complexity index is 468. The molecular formula is C17H23NO2. The summed E-state index contributed by atoms with van der Waals surface area (Å²) in [5.74, 6) is 0.670. The van der Waals surface area contributed by atoms with Crippen LogP contribution in [0.5, 0.6) is 0 Å². The van der Waals surface area contributed by atoms with Gasteiger partial charge >= 0.3 is 5.97 Å². The van der Waals surface area contributed by atoms with Crippen LogP contribution in [0.25, 0.3) is 0 Å². The van der Waals surface area contributed by atoms with Crippen molar-refractivity contribution >= 4 is 5.97 Å². The maximum atomic E-state index is 11.4. The third-order valence-corrected chi connectivity index (χ3v) is 4.87. The number of nitrogens with zero attached hydrogens (tertiary/aromatic N) is 1. The third kappa shape index (κ3) is 2.73. The van der Waals surface area contributed by atoms with Crippen LogP contribution in [0, 0.1) is 5.92 Å². The molecule has 1 heterocycles. The molecule has 3 heteroatoms. The Balaban J connectivity index is 1.66. The molecule has 1 aliphatic carbocycles. The molecule has 20 heavy (non-hydrogen) atoms. The maximum Gasteiger partial charge on any atom is 0.337 e. The van der Waals surface area contributed by atoms with E-state index in [-0.39, 0.29) is 5.97 Å².